The molecule has 1 aromatic heterocycles. The van der Waals surface area contributed by atoms with Crippen LogP contribution in [0.3, 0.4) is 0 Å². The highest BCUT2D eigenvalue weighted by molar-refractivity contribution is 5.56. The van der Waals surface area contributed by atoms with Crippen molar-refractivity contribution in [1.29, 1.82) is 5.26 Å². The van der Waals surface area contributed by atoms with Crippen molar-refractivity contribution in [2.45, 2.75) is 51.4 Å². The van der Waals surface area contributed by atoms with Gasteiger partial charge in [0.1, 0.15) is 11.6 Å². The number of nitriles is 1. The summed E-state index contributed by atoms with van der Waals surface area (Å²) in [5.41, 5.74) is 2.29. The SMILES string of the molecule is Cc1nnc(NC2CCC3(CC2)OCCO3)c(C#N)c1C. The fourth-order valence-corrected chi connectivity index (χ4v) is 3.03. The van der Waals surface area contributed by atoms with E-state index in [1.165, 1.54) is 0 Å². The summed E-state index contributed by atoms with van der Waals surface area (Å²) in [4.78, 5) is 0. The van der Waals surface area contributed by atoms with E-state index in [4.69, 9.17) is 9.47 Å². The van der Waals surface area contributed by atoms with E-state index in [1.807, 2.05) is 13.8 Å². The first kappa shape index (κ1) is 14.2. The Morgan fingerprint density at radius 2 is 1.86 bits per heavy atom. The maximum atomic E-state index is 9.32. The molecule has 112 valence electrons. The Morgan fingerprint density at radius 1 is 1.19 bits per heavy atom. The molecule has 1 spiro atoms. The van der Waals surface area contributed by atoms with E-state index < -0.39 is 0 Å². The van der Waals surface area contributed by atoms with Crippen LogP contribution in [0.15, 0.2) is 0 Å². The number of aryl methyl sites for hydroxylation is 1. The zero-order valence-electron chi connectivity index (χ0n) is 12.5. The zero-order valence-corrected chi connectivity index (χ0v) is 12.5. The Morgan fingerprint density at radius 3 is 2.48 bits per heavy atom. The number of hydrogen-bond donors (Lipinski definition) is 1. The van der Waals surface area contributed by atoms with Gasteiger partial charge < -0.3 is 14.8 Å². The van der Waals surface area contributed by atoms with Gasteiger partial charge in [-0.1, -0.05) is 0 Å². The average molecular weight is 288 g/mol. The molecule has 2 aliphatic rings. The summed E-state index contributed by atoms with van der Waals surface area (Å²) in [6, 6.07) is 2.51. The Balaban J connectivity index is 1.68. The monoisotopic (exact) mass is 288 g/mol. The van der Waals surface area contributed by atoms with Gasteiger partial charge in [-0.05, 0) is 32.3 Å². The largest absolute Gasteiger partial charge is 0.365 e. The van der Waals surface area contributed by atoms with Crippen LogP contribution in [0.25, 0.3) is 0 Å². The van der Waals surface area contributed by atoms with E-state index in [0.717, 1.165) is 36.9 Å². The van der Waals surface area contributed by atoms with E-state index in [2.05, 4.69) is 21.6 Å². The van der Waals surface area contributed by atoms with Gasteiger partial charge in [-0.2, -0.15) is 10.4 Å². The Bertz CT molecular complexity index is 566. The Hall–Kier alpha value is -1.71. The normalized spacial score (nSPS) is 21.4. The second-order valence-corrected chi connectivity index (χ2v) is 5.77. The van der Waals surface area contributed by atoms with E-state index in [0.29, 0.717) is 24.6 Å². The van der Waals surface area contributed by atoms with Crippen LogP contribution in [0, 0.1) is 25.2 Å². The van der Waals surface area contributed by atoms with E-state index in [9.17, 15) is 5.26 Å². The second-order valence-electron chi connectivity index (χ2n) is 5.77. The van der Waals surface area contributed by atoms with Crippen molar-refractivity contribution in [2.75, 3.05) is 18.5 Å². The molecule has 1 saturated carbocycles. The van der Waals surface area contributed by atoms with Gasteiger partial charge in [-0.15, -0.1) is 5.10 Å². The average Bonchev–Trinajstić information content (AvgIpc) is 2.94. The van der Waals surface area contributed by atoms with Crippen molar-refractivity contribution in [3.8, 4) is 6.07 Å². The first-order valence-corrected chi connectivity index (χ1v) is 7.42. The van der Waals surface area contributed by atoms with Gasteiger partial charge in [0.25, 0.3) is 0 Å². The minimum Gasteiger partial charge on any atom is -0.365 e. The van der Waals surface area contributed by atoms with Crippen molar-refractivity contribution in [3.63, 3.8) is 0 Å². The molecule has 2 heterocycles. The molecule has 6 heteroatoms. The molecule has 0 amide bonds. The van der Waals surface area contributed by atoms with E-state index in [-0.39, 0.29) is 11.8 Å². The molecule has 1 aliphatic carbocycles. The number of ether oxygens (including phenoxy) is 2. The highest BCUT2D eigenvalue weighted by atomic mass is 16.7. The third-order valence-electron chi connectivity index (χ3n) is 4.47. The fraction of sp³-hybridized carbons (Fsp3) is 0.667. The van der Waals surface area contributed by atoms with Gasteiger partial charge in [0, 0.05) is 18.9 Å². The van der Waals surface area contributed by atoms with Crippen molar-refractivity contribution in [3.05, 3.63) is 16.8 Å². The molecule has 2 fully saturated rings. The summed E-state index contributed by atoms with van der Waals surface area (Å²) in [5, 5.41) is 20.9. The summed E-state index contributed by atoms with van der Waals surface area (Å²) >= 11 is 0. The maximum absolute atomic E-state index is 9.32. The van der Waals surface area contributed by atoms with Crippen LogP contribution in [-0.2, 0) is 9.47 Å². The van der Waals surface area contributed by atoms with Crippen LogP contribution in [0.4, 0.5) is 5.82 Å². The first-order chi connectivity index (χ1) is 10.1. The number of nitrogens with zero attached hydrogens (tertiary/aromatic N) is 3. The summed E-state index contributed by atoms with van der Waals surface area (Å²) in [6.07, 6.45) is 3.65. The third kappa shape index (κ3) is 2.71. The van der Waals surface area contributed by atoms with Crippen LogP contribution < -0.4 is 5.32 Å². The minimum absolute atomic E-state index is 0.284. The van der Waals surface area contributed by atoms with Crippen LogP contribution in [-0.4, -0.2) is 35.2 Å². The second kappa shape index (κ2) is 5.58. The highest BCUT2D eigenvalue weighted by Crippen LogP contribution is 2.36. The van der Waals surface area contributed by atoms with Gasteiger partial charge in [-0.25, -0.2) is 0 Å². The Kier molecular flexibility index (Phi) is 3.79. The number of nitrogens with one attached hydrogen (secondary N) is 1. The summed E-state index contributed by atoms with van der Waals surface area (Å²) in [6.45, 7) is 5.16. The van der Waals surface area contributed by atoms with Crippen LogP contribution >= 0.6 is 0 Å². The smallest absolute Gasteiger partial charge is 0.168 e. The lowest BCUT2D eigenvalue weighted by atomic mass is 9.90. The first-order valence-electron chi connectivity index (χ1n) is 7.42. The molecule has 0 unspecified atom stereocenters. The molecule has 3 rings (SSSR count). The molecule has 1 aliphatic heterocycles. The van der Waals surface area contributed by atoms with Crippen molar-refractivity contribution < 1.29 is 9.47 Å². The fourth-order valence-electron chi connectivity index (χ4n) is 3.03. The van der Waals surface area contributed by atoms with Crippen molar-refractivity contribution in [1.82, 2.24) is 10.2 Å². The predicted molar refractivity (Wildman–Crippen MR) is 76.7 cm³/mol. The van der Waals surface area contributed by atoms with Gasteiger partial charge in [-0.3, -0.25) is 0 Å². The molecule has 0 bridgehead atoms. The lowest BCUT2D eigenvalue weighted by molar-refractivity contribution is -0.177. The van der Waals surface area contributed by atoms with Crippen LogP contribution in [0.1, 0.15) is 42.5 Å². The molecular weight excluding hydrogens is 268 g/mol. The molecule has 0 aromatic carbocycles. The third-order valence-corrected chi connectivity index (χ3v) is 4.47. The quantitative estimate of drug-likeness (QED) is 0.897. The number of aromatic nitrogens is 2. The lowest BCUT2D eigenvalue weighted by Crippen LogP contribution is -2.39. The molecule has 1 N–H and O–H groups in total. The summed E-state index contributed by atoms with van der Waals surface area (Å²) in [5.74, 6) is 0.236. The molecule has 21 heavy (non-hydrogen) atoms. The van der Waals surface area contributed by atoms with E-state index >= 15 is 0 Å². The van der Waals surface area contributed by atoms with Gasteiger partial charge in [0.15, 0.2) is 11.6 Å². The maximum Gasteiger partial charge on any atom is 0.168 e. The molecular formula is C15H20N4O2. The number of hydrogen-bond acceptors (Lipinski definition) is 6. The van der Waals surface area contributed by atoms with Gasteiger partial charge in [0.05, 0.1) is 18.9 Å². The standard InChI is InChI=1S/C15H20N4O2/c1-10-11(2)18-19-14(13(10)9-16)17-12-3-5-15(6-4-12)20-7-8-21-15/h12H,3-8H2,1-2H3,(H,17,19). The molecule has 0 radical (unpaired) electrons. The minimum atomic E-state index is -0.356. The topological polar surface area (TPSA) is 80.1 Å². The number of anilines is 1. The summed E-state index contributed by atoms with van der Waals surface area (Å²) in [7, 11) is 0. The van der Waals surface area contributed by atoms with Crippen molar-refractivity contribution >= 4 is 5.82 Å². The predicted octanol–water partition coefficient (Wildman–Crippen LogP) is 2.06. The van der Waals surface area contributed by atoms with Crippen molar-refractivity contribution in [2.24, 2.45) is 0 Å². The zero-order chi connectivity index (χ0) is 14.9. The Labute approximate surface area is 124 Å². The summed E-state index contributed by atoms with van der Waals surface area (Å²) < 4.78 is 11.5. The molecule has 1 aromatic rings. The van der Waals surface area contributed by atoms with Crippen LogP contribution in [0.2, 0.25) is 0 Å². The highest BCUT2D eigenvalue weighted by Gasteiger charge is 2.40. The van der Waals surface area contributed by atoms with E-state index in [1.54, 1.807) is 0 Å². The van der Waals surface area contributed by atoms with Gasteiger partial charge >= 0.3 is 0 Å². The molecule has 6 nitrogen and oxygen atoms in total. The number of rotatable bonds is 2. The van der Waals surface area contributed by atoms with Crippen LogP contribution in [0.5, 0.6) is 0 Å². The molecule has 0 atom stereocenters. The lowest BCUT2D eigenvalue weighted by Gasteiger charge is -2.35. The van der Waals surface area contributed by atoms with Gasteiger partial charge in [0.2, 0.25) is 0 Å². The molecule has 1 saturated heterocycles.